The van der Waals surface area contributed by atoms with Gasteiger partial charge in [-0.25, -0.2) is 0 Å². The fourth-order valence-electron chi connectivity index (χ4n) is 1.50. The number of halogens is 2. The fraction of sp³-hybridized carbons (Fsp3) is 0.0714. The Morgan fingerprint density at radius 2 is 1.85 bits per heavy atom. The van der Waals surface area contributed by atoms with Crippen LogP contribution in [0.4, 0.5) is 11.4 Å². The summed E-state index contributed by atoms with van der Waals surface area (Å²) >= 11 is 13.2. The number of nitrogen functional groups attached to an aromatic ring is 1. The summed E-state index contributed by atoms with van der Waals surface area (Å²) in [6.45, 7) is 0. The molecule has 3 nitrogen and oxygen atoms in total. The number of anilines is 2. The number of benzene rings is 2. The Balaban J connectivity index is 1.90. The number of hydrogen-bond acceptors (Lipinski definition) is 3. The molecule has 0 saturated heterocycles. The van der Waals surface area contributed by atoms with Gasteiger partial charge in [0, 0.05) is 15.6 Å². The van der Waals surface area contributed by atoms with Crippen LogP contribution in [0.3, 0.4) is 0 Å². The van der Waals surface area contributed by atoms with Gasteiger partial charge in [-0.05, 0) is 42.5 Å². The largest absolute Gasteiger partial charge is 0.399 e. The Hall–Kier alpha value is -1.36. The number of hydrogen-bond donors (Lipinski definition) is 2. The zero-order chi connectivity index (χ0) is 14.5. The van der Waals surface area contributed by atoms with Gasteiger partial charge in [0.1, 0.15) is 0 Å². The van der Waals surface area contributed by atoms with E-state index in [0.29, 0.717) is 27.2 Å². The average molecular weight is 327 g/mol. The van der Waals surface area contributed by atoms with Gasteiger partial charge in [-0.2, -0.15) is 0 Å². The van der Waals surface area contributed by atoms with Crippen molar-refractivity contribution in [3.05, 3.63) is 52.5 Å². The number of nitrogens with one attached hydrogen (secondary N) is 1. The van der Waals surface area contributed by atoms with Crippen LogP contribution in [-0.2, 0) is 4.79 Å². The molecule has 0 bridgehead atoms. The van der Waals surface area contributed by atoms with Crippen molar-refractivity contribution < 1.29 is 4.79 Å². The van der Waals surface area contributed by atoms with E-state index >= 15 is 0 Å². The van der Waals surface area contributed by atoms with Gasteiger partial charge in [0.05, 0.1) is 16.5 Å². The molecule has 2 aromatic carbocycles. The van der Waals surface area contributed by atoms with Crippen molar-refractivity contribution in [3.63, 3.8) is 0 Å². The molecule has 0 heterocycles. The maximum atomic E-state index is 11.8. The molecular weight excluding hydrogens is 315 g/mol. The minimum atomic E-state index is -0.128. The molecule has 0 atom stereocenters. The predicted molar refractivity (Wildman–Crippen MR) is 86.7 cm³/mol. The predicted octanol–water partition coefficient (Wildman–Crippen LogP) is 4.31. The molecule has 0 aliphatic rings. The number of carbonyl (C=O) groups excluding carboxylic acids is 1. The highest BCUT2D eigenvalue weighted by Crippen LogP contribution is 2.25. The molecule has 2 rings (SSSR count). The summed E-state index contributed by atoms with van der Waals surface area (Å²) < 4.78 is 0. The molecule has 0 aromatic heterocycles. The molecule has 0 aliphatic heterocycles. The number of rotatable bonds is 4. The lowest BCUT2D eigenvalue weighted by Gasteiger charge is -2.07. The van der Waals surface area contributed by atoms with E-state index in [1.54, 1.807) is 30.3 Å². The van der Waals surface area contributed by atoms with Crippen LogP contribution >= 0.6 is 35.0 Å². The number of nitrogens with two attached hydrogens (primary N) is 1. The monoisotopic (exact) mass is 326 g/mol. The Morgan fingerprint density at radius 1 is 1.15 bits per heavy atom. The van der Waals surface area contributed by atoms with E-state index in [9.17, 15) is 4.79 Å². The van der Waals surface area contributed by atoms with Crippen molar-refractivity contribution in [1.29, 1.82) is 0 Å². The van der Waals surface area contributed by atoms with Gasteiger partial charge in [0.15, 0.2) is 0 Å². The standard InChI is InChI=1S/C14H12Cl2N2OS/c15-9-1-4-11(5-2-9)20-8-14(19)18-13-6-3-10(17)7-12(13)16/h1-7H,8,17H2,(H,18,19). The smallest absolute Gasteiger partial charge is 0.234 e. The SMILES string of the molecule is Nc1ccc(NC(=O)CSc2ccc(Cl)cc2)c(Cl)c1. The van der Waals surface area contributed by atoms with Gasteiger partial charge in [0.25, 0.3) is 0 Å². The summed E-state index contributed by atoms with van der Waals surface area (Å²) in [5, 5.41) is 3.85. The lowest BCUT2D eigenvalue weighted by atomic mass is 10.3. The Labute approximate surface area is 131 Å². The molecule has 0 fully saturated rings. The second kappa shape index (κ2) is 6.88. The van der Waals surface area contributed by atoms with Crippen molar-refractivity contribution in [2.24, 2.45) is 0 Å². The summed E-state index contributed by atoms with van der Waals surface area (Å²) in [5.41, 5.74) is 6.71. The number of thioether (sulfide) groups is 1. The molecule has 0 radical (unpaired) electrons. The molecule has 0 aliphatic carbocycles. The Bertz CT molecular complexity index is 617. The first kappa shape index (κ1) is 15.0. The third-order valence-electron chi connectivity index (χ3n) is 2.45. The zero-order valence-electron chi connectivity index (χ0n) is 10.4. The van der Waals surface area contributed by atoms with Crippen LogP contribution in [0.2, 0.25) is 10.0 Å². The van der Waals surface area contributed by atoms with Crippen molar-refractivity contribution in [2.75, 3.05) is 16.8 Å². The first-order chi connectivity index (χ1) is 9.54. The van der Waals surface area contributed by atoms with Crippen LogP contribution in [-0.4, -0.2) is 11.7 Å². The van der Waals surface area contributed by atoms with Gasteiger partial charge in [0.2, 0.25) is 5.91 Å². The molecule has 3 N–H and O–H groups in total. The van der Waals surface area contributed by atoms with E-state index in [0.717, 1.165) is 4.90 Å². The van der Waals surface area contributed by atoms with Gasteiger partial charge in [-0.15, -0.1) is 11.8 Å². The molecule has 0 unspecified atom stereocenters. The highest BCUT2D eigenvalue weighted by molar-refractivity contribution is 8.00. The zero-order valence-corrected chi connectivity index (χ0v) is 12.7. The van der Waals surface area contributed by atoms with Gasteiger partial charge in [-0.1, -0.05) is 23.2 Å². The van der Waals surface area contributed by atoms with Gasteiger partial charge in [-0.3, -0.25) is 4.79 Å². The summed E-state index contributed by atoms with van der Waals surface area (Å²) in [5.74, 6) is 0.166. The normalized spacial score (nSPS) is 10.3. The molecule has 1 amide bonds. The van der Waals surface area contributed by atoms with Gasteiger partial charge < -0.3 is 11.1 Å². The van der Waals surface area contributed by atoms with E-state index in [4.69, 9.17) is 28.9 Å². The number of amides is 1. The van der Waals surface area contributed by atoms with E-state index < -0.39 is 0 Å². The van der Waals surface area contributed by atoms with E-state index in [-0.39, 0.29) is 5.91 Å². The first-order valence-electron chi connectivity index (χ1n) is 5.78. The molecule has 0 spiro atoms. The quantitative estimate of drug-likeness (QED) is 0.650. The Kier molecular flexibility index (Phi) is 5.17. The first-order valence-corrected chi connectivity index (χ1v) is 7.52. The lowest BCUT2D eigenvalue weighted by Crippen LogP contribution is -2.14. The lowest BCUT2D eigenvalue weighted by molar-refractivity contribution is -0.113. The van der Waals surface area contributed by atoms with Crippen LogP contribution in [0.5, 0.6) is 0 Å². The summed E-state index contributed by atoms with van der Waals surface area (Å²) in [4.78, 5) is 12.8. The van der Waals surface area contributed by atoms with Crippen LogP contribution in [0.1, 0.15) is 0 Å². The molecule has 0 saturated carbocycles. The molecular formula is C14H12Cl2N2OS. The van der Waals surface area contributed by atoms with Crippen LogP contribution < -0.4 is 11.1 Å². The highest BCUT2D eigenvalue weighted by Gasteiger charge is 2.07. The maximum Gasteiger partial charge on any atom is 0.234 e. The average Bonchev–Trinajstić information content (AvgIpc) is 2.41. The molecule has 104 valence electrons. The van der Waals surface area contributed by atoms with Crippen LogP contribution in [0.25, 0.3) is 0 Å². The van der Waals surface area contributed by atoms with E-state index in [1.165, 1.54) is 11.8 Å². The Morgan fingerprint density at radius 3 is 2.50 bits per heavy atom. The minimum Gasteiger partial charge on any atom is -0.399 e. The second-order valence-corrected chi connectivity index (χ2v) is 5.92. The van der Waals surface area contributed by atoms with Crippen molar-refractivity contribution in [2.45, 2.75) is 4.90 Å². The van der Waals surface area contributed by atoms with Crippen molar-refractivity contribution in [3.8, 4) is 0 Å². The summed E-state index contributed by atoms with van der Waals surface area (Å²) in [6, 6.07) is 12.3. The van der Waals surface area contributed by atoms with Crippen LogP contribution in [0, 0.1) is 0 Å². The summed E-state index contributed by atoms with van der Waals surface area (Å²) in [7, 11) is 0. The number of carbonyl (C=O) groups is 1. The second-order valence-electron chi connectivity index (χ2n) is 4.03. The third-order valence-corrected chi connectivity index (χ3v) is 4.03. The third kappa shape index (κ3) is 4.34. The van der Waals surface area contributed by atoms with Gasteiger partial charge >= 0.3 is 0 Å². The molecule has 6 heteroatoms. The van der Waals surface area contributed by atoms with Crippen molar-refractivity contribution >= 4 is 52.2 Å². The van der Waals surface area contributed by atoms with Crippen molar-refractivity contribution in [1.82, 2.24) is 0 Å². The van der Waals surface area contributed by atoms with E-state index in [1.807, 2.05) is 12.1 Å². The van der Waals surface area contributed by atoms with Crippen LogP contribution in [0.15, 0.2) is 47.4 Å². The maximum absolute atomic E-state index is 11.8. The topological polar surface area (TPSA) is 55.1 Å². The highest BCUT2D eigenvalue weighted by atomic mass is 35.5. The minimum absolute atomic E-state index is 0.128. The summed E-state index contributed by atoms with van der Waals surface area (Å²) in [6.07, 6.45) is 0. The van der Waals surface area contributed by atoms with E-state index in [2.05, 4.69) is 5.32 Å². The molecule has 2 aromatic rings. The fourth-order valence-corrected chi connectivity index (χ4v) is 2.56. The molecule has 20 heavy (non-hydrogen) atoms.